The minimum Gasteiger partial charge on any atom is -0.481 e. The number of ether oxygens (including phenoxy) is 2. The van der Waals surface area contributed by atoms with E-state index in [0.717, 1.165) is 5.56 Å². The minimum absolute atomic E-state index is 0.0502. The zero-order valence-corrected chi connectivity index (χ0v) is 18.8. The Labute approximate surface area is 191 Å². The summed E-state index contributed by atoms with van der Waals surface area (Å²) in [5.74, 6) is -4.06. The molecule has 2 amide bonds. The van der Waals surface area contributed by atoms with E-state index in [2.05, 4.69) is 10.6 Å². The topological polar surface area (TPSA) is 168 Å². The van der Waals surface area contributed by atoms with Gasteiger partial charge >= 0.3 is 29.9 Å². The largest absolute Gasteiger partial charge is 0.481 e. The van der Waals surface area contributed by atoms with Crippen LogP contribution in [0, 0.1) is 0 Å². The van der Waals surface area contributed by atoms with Crippen molar-refractivity contribution in [1.82, 2.24) is 10.6 Å². The highest BCUT2D eigenvalue weighted by molar-refractivity contribution is 5.87. The van der Waals surface area contributed by atoms with E-state index in [1.165, 1.54) is 0 Å². The van der Waals surface area contributed by atoms with Crippen LogP contribution in [-0.2, 0) is 35.3 Å². The van der Waals surface area contributed by atoms with Crippen molar-refractivity contribution >= 4 is 29.9 Å². The van der Waals surface area contributed by atoms with Crippen molar-refractivity contribution < 1.29 is 43.7 Å². The van der Waals surface area contributed by atoms with Gasteiger partial charge in [0.25, 0.3) is 0 Å². The van der Waals surface area contributed by atoms with Crippen LogP contribution in [0.15, 0.2) is 30.3 Å². The molecule has 33 heavy (non-hydrogen) atoms. The second kappa shape index (κ2) is 13.0. The summed E-state index contributed by atoms with van der Waals surface area (Å²) in [6, 6.07) is 5.23. The molecule has 0 fully saturated rings. The van der Waals surface area contributed by atoms with E-state index in [1.54, 1.807) is 45.0 Å². The molecule has 11 heteroatoms. The molecule has 2 atom stereocenters. The zero-order valence-electron chi connectivity index (χ0n) is 18.8. The number of esters is 2. The SMILES string of the molecule is CC(C)(C)OC(=O)C(CCC(=O)OCc1ccccc1)NC(=O)NC(CCC(=O)O)C(=O)O. The van der Waals surface area contributed by atoms with E-state index in [4.69, 9.17) is 14.6 Å². The van der Waals surface area contributed by atoms with Gasteiger partial charge < -0.3 is 30.3 Å². The van der Waals surface area contributed by atoms with E-state index in [9.17, 15) is 29.1 Å². The molecule has 1 aromatic carbocycles. The van der Waals surface area contributed by atoms with Gasteiger partial charge in [0, 0.05) is 12.8 Å². The first-order valence-corrected chi connectivity index (χ1v) is 10.3. The van der Waals surface area contributed by atoms with Gasteiger partial charge in [-0.2, -0.15) is 0 Å². The van der Waals surface area contributed by atoms with Gasteiger partial charge in [-0.1, -0.05) is 30.3 Å². The first kappa shape index (κ1) is 27.4. The number of carbonyl (C=O) groups is 5. The molecule has 0 aliphatic carbocycles. The van der Waals surface area contributed by atoms with Gasteiger partial charge in [-0.3, -0.25) is 9.59 Å². The third-order valence-electron chi connectivity index (χ3n) is 4.13. The molecule has 11 nitrogen and oxygen atoms in total. The maximum Gasteiger partial charge on any atom is 0.329 e. The number of carboxylic acid groups (broad SMARTS) is 2. The minimum atomic E-state index is -1.48. The predicted molar refractivity (Wildman–Crippen MR) is 115 cm³/mol. The first-order valence-electron chi connectivity index (χ1n) is 10.3. The molecular weight excluding hydrogens is 436 g/mol. The number of benzene rings is 1. The molecule has 0 aliphatic heterocycles. The van der Waals surface area contributed by atoms with Gasteiger partial charge in [0.2, 0.25) is 0 Å². The Kier molecular flexibility index (Phi) is 10.8. The molecule has 0 aliphatic rings. The third kappa shape index (κ3) is 12.1. The lowest BCUT2D eigenvalue weighted by Crippen LogP contribution is -2.52. The van der Waals surface area contributed by atoms with Gasteiger partial charge in [-0.05, 0) is 39.2 Å². The second-order valence-corrected chi connectivity index (χ2v) is 8.21. The second-order valence-electron chi connectivity index (χ2n) is 8.21. The molecule has 0 bridgehead atoms. The molecule has 0 radical (unpaired) electrons. The van der Waals surface area contributed by atoms with E-state index in [0.29, 0.717) is 0 Å². The molecule has 2 unspecified atom stereocenters. The maximum atomic E-state index is 12.5. The Morgan fingerprint density at radius 1 is 0.909 bits per heavy atom. The number of amides is 2. The monoisotopic (exact) mass is 466 g/mol. The number of carbonyl (C=O) groups excluding carboxylic acids is 3. The van der Waals surface area contributed by atoms with Gasteiger partial charge in [-0.15, -0.1) is 0 Å². The molecule has 4 N–H and O–H groups in total. The van der Waals surface area contributed by atoms with Crippen LogP contribution in [-0.4, -0.2) is 57.8 Å². The van der Waals surface area contributed by atoms with Crippen LogP contribution >= 0.6 is 0 Å². The van der Waals surface area contributed by atoms with Gasteiger partial charge in [0.05, 0.1) is 0 Å². The fourth-order valence-electron chi connectivity index (χ4n) is 2.58. The number of rotatable bonds is 12. The van der Waals surface area contributed by atoms with E-state index in [1.807, 2.05) is 6.07 Å². The van der Waals surface area contributed by atoms with Crippen LogP contribution in [0.25, 0.3) is 0 Å². The van der Waals surface area contributed by atoms with E-state index >= 15 is 0 Å². The summed E-state index contributed by atoms with van der Waals surface area (Å²) in [5, 5.41) is 22.3. The lowest BCUT2D eigenvalue weighted by molar-refractivity contribution is -0.157. The lowest BCUT2D eigenvalue weighted by atomic mass is 10.1. The zero-order chi connectivity index (χ0) is 25.0. The van der Waals surface area contributed by atoms with Crippen molar-refractivity contribution in [2.45, 2.75) is 70.7 Å². The summed E-state index contributed by atoms with van der Waals surface area (Å²) in [5.41, 5.74) is -0.0834. The number of nitrogens with one attached hydrogen (secondary N) is 2. The molecule has 0 heterocycles. The highest BCUT2D eigenvalue weighted by Crippen LogP contribution is 2.12. The van der Waals surface area contributed by atoms with Crippen molar-refractivity contribution in [1.29, 1.82) is 0 Å². The molecule has 0 saturated heterocycles. The third-order valence-corrected chi connectivity index (χ3v) is 4.13. The smallest absolute Gasteiger partial charge is 0.329 e. The van der Waals surface area contributed by atoms with Crippen LogP contribution < -0.4 is 10.6 Å². The summed E-state index contributed by atoms with van der Waals surface area (Å²) in [6.45, 7) is 4.93. The van der Waals surface area contributed by atoms with Crippen molar-refractivity contribution in [3.8, 4) is 0 Å². The Balaban J connectivity index is 2.73. The first-order chi connectivity index (χ1) is 15.4. The number of hydrogen-bond acceptors (Lipinski definition) is 7. The summed E-state index contributed by atoms with van der Waals surface area (Å²) in [7, 11) is 0. The number of hydrogen-bond donors (Lipinski definition) is 4. The molecule has 1 rings (SSSR count). The van der Waals surface area contributed by atoms with Crippen molar-refractivity contribution in [2.75, 3.05) is 0 Å². The Hall–Kier alpha value is -3.63. The number of carboxylic acids is 2. The average Bonchev–Trinajstić information content (AvgIpc) is 2.71. The van der Waals surface area contributed by atoms with Crippen LogP contribution in [0.4, 0.5) is 4.79 Å². The Morgan fingerprint density at radius 3 is 2.03 bits per heavy atom. The molecule has 182 valence electrons. The lowest BCUT2D eigenvalue weighted by Gasteiger charge is -2.25. The summed E-state index contributed by atoms with van der Waals surface area (Å²) in [4.78, 5) is 58.8. The van der Waals surface area contributed by atoms with Crippen LogP contribution in [0.5, 0.6) is 0 Å². The summed E-state index contributed by atoms with van der Waals surface area (Å²) < 4.78 is 10.4. The predicted octanol–water partition coefficient (Wildman–Crippen LogP) is 1.84. The Morgan fingerprint density at radius 2 is 1.48 bits per heavy atom. The summed E-state index contributed by atoms with van der Waals surface area (Å²) in [6.07, 6.45) is -1.18. The molecular formula is C22H30N2O9. The quantitative estimate of drug-likeness (QED) is 0.336. The van der Waals surface area contributed by atoms with Crippen molar-refractivity contribution in [2.24, 2.45) is 0 Å². The molecule has 1 aromatic rings. The van der Waals surface area contributed by atoms with Crippen molar-refractivity contribution in [3.63, 3.8) is 0 Å². The molecule has 0 spiro atoms. The standard InChI is InChI=1S/C22H30N2O9/c1-22(2,3)33-20(30)16(10-12-18(27)32-13-14-7-5-4-6-8-14)24-21(31)23-15(19(28)29)9-11-17(25)26/h4-8,15-16H,9-13H2,1-3H3,(H,25,26)(H,28,29)(H2,23,24,31). The van der Waals surface area contributed by atoms with Crippen LogP contribution in [0.1, 0.15) is 52.0 Å². The van der Waals surface area contributed by atoms with Crippen LogP contribution in [0.3, 0.4) is 0 Å². The molecule has 0 saturated carbocycles. The van der Waals surface area contributed by atoms with E-state index in [-0.39, 0.29) is 25.9 Å². The van der Waals surface area contributed by atoms with Gasteiger partial charge in [0.1, 0.15) is 24.3 Å². The summed E-state index contributed by atoms with van der Waals surface area (Å²) >= 11 is 0. The fourth-order valence-corrected chi connectivity index (χ4v) is 2.58. The number of urea groups is 1. The van der Waals surface area contributed by atoms with Crippen molar-refractivity contribution in [3.05, 3.63) is 35.9 Å². The number of aliphatic carboxylic acids is 2. The molecule has 0 aromatic heterocycles. The van der Waals surface area contributed by atoms with Crippen LogP contribution in [0.2, 0.25) is 0 Å². The maximum absolute atomic E-state index is 12.5. The van der Waals surface area contributed by atoms with E-state index < -0.39 is 54.0 Å². The highest BCUT2D eigenvalue weighted by atomic mass is 16.6. The fraction of sp³-hybridized carbons (Fsp3) is 0.500. The highest BCUT2D eigenvalue weighted by Gasteiger charge is 2.29. The van der Waals surface area contributed by atoms with Gasteiger partial charge in [-0.25, -0.2) is 14.4 Å². The normalized spacial score (nSPS) is 12.7. The average molecular weight is 466 g/mol. The van der Waals surface area contributed by atoms with Gasteiger partial charge in [0.15, 0.2) is 0 Å². The Bertz CT molecular complexity index is 834.